The predicted molar refractivity (Wildman–Crippen MR) is 118 cm³/mol. The summed E-state index contributed by atoms with van der Waals surface area (Å²) in [5.74, 6) is -2.09. The van der Waals surface area contributed by atoms with Crippen molar-refractivity contribution in [1.82, 2.24) is 0 Å². The second-order valence-corrected chi connectivity index (χ2v) is 8.47. The third-order valence-electron chi connectivity index (χ3n) is 5.26. The van der Waals surface area contributed by atoms with Gasteiger partial charge in [0.25, 0.3) is 5.91 Å². The van der Waals surface area contributed by atoms with Crippen LogP contribution in [0.4, 0.5) is 5.00 Å². The molecule has 2 heterocycles. The first kappa shape index (κ1) is 21.8. The van der Waals surface area contributed by atoms with Crippen molar-refractivity contribution in [1.29, 1.82) is 0 Å². The first-order valence-corrected chi connectivity index (χ1v) is 11.0. The second-order valence-electron chi connectivity index (χ2n) is 7.37. The molecule has 0 aliphatic heterocycles. The zero-order valence-electron chi connectivity index (χ0n) is 17.4. The summed E-state index contributed by atoms with van der Waals surface area (Å²) in [5.41, 5.74) is 0.489. The molecule has 166 valence electrons. The van der Waals surface area contributed by atoms with Gasteiger partial charge >= 0.3 is 17.6 Å². The van der Waals surface area contributed by atoms with Gasteiger partial charge in [-0.15, -0.1) is 11.3 Å². The van der Waals surface area contributed by atoms with Crippen molar-refractivity contribution in [3.63, 3.8) is 0 Å². The Morgan fingerprint density at radius 3 is 2.69 bits per heavy atom. The van der Waals surface area contributed by atoms with Gasteiger partial charge in [-0.05, 0) is 43.4 Å². The Labute approximate surface area is 187 Å². The van der Waals surface area contributed by atoms with Crippen molar-refractivity contribution in [2.24, 2.45) is 0 Å². The molecule has 32 heavy (non-hydrogen) atoms. The number of thiophene rings is 1. The topological polar surface area (TPSA) is 112 Å². The van der Waals surface area contributed by atoms with Gasteiger partial charge in [-0.25, -0.2) is 14.4 Å². The van der Waals surface area contributed by atoms with Crippen molar-refractivity contribution < 1.29 is 28.3 Å². The smallest absolute Gasteiger partial charge is 0.351 e. The highest BCUT2D eigenvalue weighted by Gasteiger charge is 2.26. The summed E-state index contributed by atoms with van der Waals surface area (Å²) >= 11 is 1.34. The zero-order chi connectivity index (χ0) is 22.7. The Morgan fingerprint density at radius 1 is 1.09 bits per heavy atom. The quantitative estimate of drug-likeness (QED) is 0.355. The van der Waals surface area contributed by atoms with Crippen LogP contribution in [-0.2, 0) is 27.1 Å². The molecular formula is C23H21NO7S. The third kappa shape index (κ3) is 4.43. The fraction of sp³-hybridized carbons (Fsp3) is 0.304. The summed E-state index contributed by atoms with van der Waals surface area (Å²) in [6.07, 6.45) is 4.66. The summed E-state index contributed by atoms with van der Waals surface area (Å²) in [5, 5.41) is 3.60. The highest BCUT2D eigenvalue weighted by molar-refractivity contribution is 7.17. The van der Waals surface area contributed by atoms with E-state index in [0.29, 0.717) is 21.5 Å². The van der Waals surface area contributed by atoms with Gasteiger partial charge in [0.05, 0.1) is 12.7 Å². The third-order valence-corrected chi connectivity index (χ3v) is 6.47. The lowest BCUT2D eigenvalue weighted by atomic mass is 10.1. The Hall–Kier alpha value is -3.46. The van der Waals surface area contributed by atoms with Gasteiger partial charge in [0.1, 0.15) is 16.1 Å². The molecule has 1 aromatic carbocycles. The average Bonchev–Trinajstić information content (AvgIpc) is 2.96. The molecule has 0 saturated carbocycles. The molecule has 1 aliphatic rings. The van der Waals surface area contributed by atoms with Crippen LogP contribution < -0.4 is 10.9 Å². The van der Waals surface area contributed by atoms with E-state index in [1.807, 2.05) is 0 Å². The number of ether oxygens (including phenoxy) is 2. The van der Waals surface area contributed by atoms with Crippen LogP contribution in [-0.4, -0.2) is 31.6 Å². The Kier molecular flexibility index (Phi) is 6.36. The minimum absolute atomic E-state index is 0.297. The molecule has 4 rings (SSSR count). The molecule has 9 heteroatoms. The standard InChI is InChI=1S/C23H21NO7S/c1-29-23(28)19-14-8-3-2-4-10-17(14)32-20(19)24-18(25)12-30-21(26)15-11-13-7-5-6-9-16(13)31-22(15)27/h5-7,9,11H,2-4,8,10,12H2,1H3,(H,24,25). The molecule has 0 atom stereocenters. The summed E-state index contributed by atoms with van der Waals surface area (Å²) in [6, 6.07) is 8.12. The van der Waals surface area contributed by atoms with Gasteiger partial charge in [0.15, 0.2) is 6.61 Å². The van der Waals surface area contributed by atoms with E-state index in [1.54, 1.807) is 24.3 Å². The van der Waals surface area contributed by atoms with E-state index in [4.69, 9.17) is 13.9 Å². The van der Waals surface area contributed by atoms with E-state index < -0.39 is 30.1 Å². The number of hydrogen-bond donors (Lipinski definition) is 1. The number of aryl methyl sites for hydroxylation is 1. The number of anilines is 1. The number of benzene rings is 1. The largest absolute Gasteiger partial charge is 0.465 e. The van der Waals surface area contributed by atoms with Gasteiger partial charge in [-0.3, -0.25) is 4.79 Å². The first-order chi connectivity index (χ1) is 15.5. The number of carbonyl (C=O) groups is 3. The highest BCUT2D eigenvalue weighted by Crippen LogP contribution is 2.37. The normalized spacial score (nSPS) is 13.2. The van der Waals surface area contributed by atoms with E-state index in [2.05, 4.69) is 5.32 Å². The van der Waals surface area contributed by atoms with Crippen molar-refractivity contribution >= 4 is 45.2 Å². The number of rotatable bonds is 5. The van der Waals surface area contributed by atoms with E-state index >= 15 is 0 Å². The van der Waals surface area contributed by atoms with Gasteiger partial charge in [0.2, 0.25) is 0 Å². The molecule has 8 nitrogen and oxygen atoms in total. The van der Waals surface area contributed by atoms with Gasteiger partial charge in [-0.1, -0.05) is 24.6 Å². The fourth-order valence-electron chi connectivity index (χ4n) is 3.72. The van der Waals surface area contributed by atoms with Crippen molar-refractivity contribution in [2.45, 2.75) is 32.1 Å². The van der Waals surface area contributed by atoms with Crippen LogP contribution in [0.5, 0.6) is 0 Å². The SMILES string of the molecule is COC(=O)c1c(NC(=O)COC(=O)c2cc3ccccc3oc2=O)sc2c1CCCCC2. The summed E-state index contributed by atoms with van der Waals surface area (Å²) in [6.45, 7) is -0.617. The van der Waals surface area contributed by atoms with Gasteiger partial charge in [0, 0.05) is 10.3 Å². The number of amides is 1. The number of fused-ring (bicyclic) bond motifs is 2. The highest BCUT2D eigenvalue weighted by atomic mass is 32.1. The monoisotopic (exact) mass is 455 g/mol. The number of nitrogens with one attached hydrogen (secondary N) is 1. The Balaban J connectivity index is 1.48. The molecule has 0 radical (unpaired) electrons. The first-order valence-electron chi connectivity index (χ1n) is 10.2. The summed E-state index contributed by atoms with van der Waals surface area (Å²) in [4.78, 5) is 50.3. The van der Waals surface area contributed by atoms with E-state index in [0.717, 1.165) is 42.5 Å². The molecular weight excluding hydrogens is 434 g/mol. The minimum atomic E-state index is -0.963. The molecule has 3 aromatic rings. The van der Waals surface area contributed by atoms with Crippen LogP contribution in [0.15, 0.2) is 39.5 Å². The molecule has 1 N–H and O–H groups in total. The number of esters is 2. The number of carbonyl (C=O) groups excluding carboxylic acids is 3. The maximum Gasteiger partial charge on any atom is 0.351 e. The maximum atomic E-state index is 12.5. The Bertz CT molecular complexity index is 1260. The van der Waals surface area contributed by atoms with Crippen LogP contribution in [0.3, 0.4) is 0 Å². The van der Waals surface area contributed by atoms with Gasteiger partial charge < -0.3 is 19.2 Å². The molecule has 1 aliphatic carbocycles. The number of hydrogen-bond acceptors (Lipinski definition) is 8. The molecule has 0 spiro atoms. The molecule has 0 fully saturated rings. The van der Waals surface area contributed by atoms with E-state index in [-0.39, 0.29) is 5.56 Å². The van der Waals surface area contributed by atoms with Crippen LogP contribution >= 0.6 is 11.3 Å². The zero-order valence-corrected chi connectivity index (χ0v) is 18.2. The number of methoxy groups -OCH3 is 1. The van der Waals surface area contributed by atoms with Crippen molar-refractivity contribution in [2.75, 3.05) is 19.0 Å². The van der Waals surface area contributed by atoms with Gasteiger partial charge in [-0.2, -0.15) is 0 Å². The van der Waals surface area contributed by atoms with Crippen molar-refractivity contribution in [3.8, 4) is 0 Å². The lowest BCUT2D eigenvalue weighted by Gasteiger charge is -2.08. The fourth-order valence-corrected chi connectivity index (χ4v) is 5.02. The number of para-hydroxylation sites is 1. The lowest BCUT2D eigenvalue weighted by Crippen LogP contribution is -2.24. The predicted octanol–water partition coefficient (Wildman–Crippen LogP) is 3.71. The molecule has 2 aromatic heterocycles. The molecule has 1 amide bonds. The molecule has 0 saturated heterocycles. The van der Waals surface area contributed by atoms with Crippen molar-refractivity contribution in [3.05, 3.63) is 62.3 Å². The van der Waals surface area contributed by atoms with Crippen LogP contribution in [0.25, 0.3) is 11.0 Å². The minimum Gasteiger partial charge on any atom is -0.465 e. The van der Waals surface area contributed by atoms with E-state index in [1.165, 1.54) is 24.5 Å². The maximum absolute atomic E-state index is 12.5. The Morgan fingerprint density at radius 2 is 1.88 bits per heavy atom. The lowest BCUT2D eigenvalue weighted by molar-refractivity contribution is -0.119. The van der Waals surface area contributed by atoms with E-state index in [9.17, 15) is 19.2 Å². The molecule has 0 bridgehead atoms. The van der Waals surface area contributed by atoms with Crippen LogP contribution in [0, 0.1) is 0 Å². The summed E-state index contributed by atoms with van der Waals surface area (Å²) < 4.78 is 15.1. The summed E-state index contributed by atoms with van der Waals surface area (Å²) in [7, 11) is 1.30. The van der Waals surface area contributed by atoms with Crippen LogP contribution in [0.1, 0.15) is 50.4 Å². The second kappa shape index (κ2) is 9.35. The van der Waals surface area contributed by atoms with Crippen LogP contribution in [0.2, 0.25) is 0 Å². The average molecular weight is 455 g/mol. The molecule has 0 unspecified atom stereocenters.